The van der Waals surface area contributed by atoms with Crippen molar-refractivity contribution in [3.8, 4) is 5.69 Å². The van der Waals surface area contributed by atoms with Gasteiger partial charge in [0.2, 0.25) is 5.95 Å². The second kappa shape index (κ2) is 13.4. The van der Waals surface area contributed by atoms with E-state index in [0.29, 0.717) is 5.95 Å². The maximum absolute atomic E-state index is 9.75. The van der Waals surface area contributed by atoms with Gasteiger partial charge in [-0.05, 0) is 85.9 Å². The SMILES string of the molecule is CC/C=C(/N=C\C=C(/C)c1cccc(N2CCOCC2)c1)Nc1ccc(-n2cnc(N3CCC(O)CC3)n2)cc1. The predicted molar refractivity (Wildman–Crippen MR) is 162 cm³/mol. The molecule has 2 N–H and O–H groups in total. The van der Waals surface area contributed by atoms with Gasteiger partial charge in [0, 0.05) is 43.8 Å². The molecule has 0 radical (unpaired) electrons. The molecule has 0 unspecified atom stereocenters. The number of rotatable bonds is 9. The molecule has 40 heavy (non-hydrogen) atoms. The van der Waals surface area contributed by atoms with Gasteiger partial charge >= 0.3 is 0 Å². The third kappa shape index (κ3) is 7.16. The van der Waals surface area contributed by atoms with Gasteiger partial charge in [-0.3, -0.25) is 0 Å². The Morgan fingerprint density at radius 2 is 1.82 bits per heavy atom. The van der Waals surface area contributed by atoms with Crippen molar-refractivity contribution in [2.75, 3.05) is 54.5 Å². The van der Waals surface area contributed by atoms with E-state index in [9.17, 15) is 5.11 Å². The van der Waals surface area contributed by atoms with Gasteiger partial charge in [0.05, 0.1) is 25.0 Å². The summed E-state index contributed by atoms with van der Waals surface area (Å²) in [5.41, 5.74) is 5.46. The highest BCUT2D eigenvalue weighted by molar-refractivity contribution is 5.85. The van der Waals surface area contributed by atoms with E-state index in [-0.39, 0.29) is 6.10 Å². The molecule has 210 valence electrons. The lowest BCUT2D eigenvalue weighted by Crippen LogP contribution is -2.36. The molecule has 5 rings (SSSR count). The Balaban J connectivity index is 1.20. The van der Waals surface area contributed by atoms with Gasteiger partial charge in [-0.1, -0.05) is 19.1 Å². The highest BCUT2D eigenvalue weighted by Crippen LogP contribution is 2.22. The summed E-state index contributed by atoms with van der Waals surface area (Å²) in [6.45, 7) is 9.17. The molecule has 9 heteroatoms. The van der Waals surface area contributed by atoms with Crippen LogP contribution in [0.15, 0.2) is 77.8 Å². The van der Waals surface area contributed by atoms with Crippen LogP contribution in [-0.2, 0) is 4.74 Å². The molecule has 3 aromatic rings. The summed E-state index contributed by atoms with van der Waals surface area (Å²) in [4.78, 5) is 13.7. The lowest BCUT2D eigenvalue weighted by atomic mass is 10.1. The largest absolute Gasteiger partial charge is 0.393 e. The molecule has 3 heterocycles. The van der Waals surface area contributed by atoms with Crippen molar-refractivity contribution in [2.45, 2.75) is 39.2 Å². The third-order valence-corrected chi connectivity index (χ3v) is 7.24. The maximum atomic E-state index is 9.75. The van der Waals surface area contributed by atoms with E-state index < -0.39 is 0 Å². The molecule has 0 amide bonds. The highest BCUT2D eigenvalue weighted by atomic mass is 16.5. The van der Waals surface area contributed by atoms with Crippen molar-refractivity contribution in [1.29, 1.82) is 0 Å². The maximum Gasteiger partial charge on any atom is 0.245 e. The van der Waals surface area contributed by atoms with E-state index in [1.54, 1.807) is 11.0 Å². The number of hydrogen-bond acceptors (Lipinski definition) is 8. The molecule has 2 aromatic carbocycles. The van der Waals surface area contributed by atoms with Crippen LogP contribution in [0.4, 0.5) is 17.3 Å². The summed E-state index contributed by atoms with van der Waals surface area (Å²) in [7, 11) is 0. The van der Waals surface area contributed by atoms with Crippen LogP contribution in [0.5, 0.6) is 0 Å². The van der Waals surface area contributed by atoms with Gasteiger partial charge in [0.25, 0.3) is 0 Å². The number of ether oxygens (including phenoxy) is 1. The highest BCUT2D eigenvalue weighted by Gasteiger charge is 2.20. The summed E-state index contributed by atoms with van der Waals surface area (Å²) in [5.74, 6) is 1.50. The Labute approximate surface area is 236 Å². The molecular weight excluding hydrogens is 502 g/mol. The number of nitrogens with one attached hydrogen (secondary N) is 1. The zero-order chi connectivity index (χ0) is 27.7. The fraction of sp³-hybridized carbons (Fsp3) is 0.387. The Morgan fingerprint density at radius 1 is 1.05 bits per heavy atom. The number of allylic oxidation sites excluding steroid dienone is 3. The minimum Gasteiger partial charge on any atom is -0.393 e. The molecule has 0 bridgehead atoms. The average molecular weight is 542 g/mol. The van der Waals surface area contributed by atoms with Gasteiger partial charge in [-0.2, -0.15) is 4.98 Å². The van der Waals surface area contributed by atoms with Crippen LogP contribution in [0.25, 0.3) is 11.3 Å². The molecule has 0 aliphatic carbocycles. The smallest absolute Gasteiger partial charge is 0.245 e. The standard InChI is InChI=1S/C31H39N7O2/c1-3-5-30(32-15-12-24(2)25-6-4-7-28(22-25)36-18-20-40-21-19-36)34-26-8-10-27(11-9-26)38-23-33-31(35-38)37-16-13-29(39)14-17-37/h4-12,15,22-23,29,34,39H,3,13-14,16-21H2,1-2H3/b24-12+,30-5-,32-15-. The van der Waals surface area contributed by atoms with E-state index >= 15 is 0 Å². The molecule has 2 fully saturated rings. The topological polar surface area (TPSA) is 91.0 Å². The lowest BCUT2D eigenvalue weighted by Gasteiger charge is -2.29. The molecular formula is C31H39N7O2. The number of anilines is 3. The van der Waals surface area contributed by atoms with E-state index in [1.807, 2.05) is 30.5 Å². The van der Waals surface area contributed by atoms with Gasteiger partial charge in [0.1, 0.15) is 12.1 Å². The lowest BCUT2D eigenvalue weighted by molar-refractivity contribution is 0.122. The number of benzene rings is 2. The van der Waals surface area contributed by atoms with Gasteiger partial charge in [-0.25, -0.2) is 9.67 Å². The first-order chi connectivity index (χ1) is 19.6. The number of nitrogens with zero attached hydrogens (tertiary/aromatic N) is 6. The Morgan fingerprint density at radius 3 is 2.58 bits per heavy atom. The van der Waals surface area contributed by atoms with Crippen molar-refractivity contribution < 1.29 is 9.84 Å². The molecule has 0 saturated carbocycles. The number of aliphatic imine (C=N–C) groups is 1. The average Bonchev–Trinajstić information content (AvgIpc) is 3.49. The van der Waals surface area contributed by atoms with Crippen LogP contribution in [-0.4, -0.2) is 71.6 Å². The summed E-state index contributed by atoms with van der Waals surface area (Å²) < 4.78 is 7.28. The number of hydrogen-bond donors (Lipinski definition) is 2. The second-order valence-corrected chi connectivity index (χ2v) is 10.2. The summed E-state index contributed by atoms with van der Waals surface area (Å²) >= 11 is 0. The monoisotopic (exact) mass is 541 g/mol. The zero-order valence-corrected chi connectivity index (χ0v) is 23.4. The second-order valence-electron chi connectivity index (χ2n) is 10.2. The molecule has 0 spiro atoms. The minimum absolute atomic E-state index is 0.216. The van der Waals surface area contributed by atoms with Crippen molar-refractivity contribution in [3.05, 3.63) is 78.4 Å². The van der Waals surface area contributed by atoms with Crippen molar-refractivity contribution >= 4 is 29.1 Å². The predicted octanol–water partition coefficient (Wildman–Crippen LogP) is 4.90. The van der Waals surface area contributed by atoms with Crippen LogP contribution in [0.3, 0.4) is 0 Å². The van der Waals surface area contributed by atoms with E-state index in [0.717, 1.165) is 81.4 Å². The first-order valence-corrected chi connectivity index (χ1v) is 14.2. The molecule has 2 aliphatic heterocycles. The van der Waals surface area contributed by atoms with Crippen molar-refractivity contribution in [3.63, 3.8) is 0 Å². The fourth-order valence-corrected chi connectivity index (χ4v) is 4.86. The summed E-state index contributed by atoms with van der Waals surface area (Å²) in [6.07, 6.45) is 9.88. The minimum atomic E-state index is -0.216. The first kappa shape index (κ1) is 27.6. The van der Waals surface area contributed by atoms with Gasteiger partial charge in [0.15, 0.2) is 0 Å². The van der Waals surface area contributed by atoms with E-state index in [1.165, 1.54) is 11.3 Å². The first-order valence-electron chi connectivity index (χ1n) is 14.2. The molecule has 0 atom stereocenters. The number of piperidine rings is 1. The van der Waals surface area contributed by atoms with Gasteiger partial charge < -0.3 is 25.0 Å². The fourth-order valence-electron chi connectivity index (χ4n) is 4.86. The Bertz CT molecular complexity index is 1330. The van der Waals surface area contributed by atoms with E-state index in [4.69, 9.17) is 9.73 Å². The number of aliphatic hydroxyl groups is 1. The quantitative estimate of drug-likeness (QED) is 0.372. The molecule has 1 aromatic heterocycles. The Kier molecular flexibility index (Phi) is 9.26. The van der Waals surface area contributed by atoms with Crippen molar-refractivity contribution in [1.82, 2.24) is 14.8 Å². The summed E-state index contributed by atoms with van der Waals surface area (Å²) in [6, 6.07) is 16.7. The zero-order valence-electron chi connectivity index (χ0n) is 23.4. The summed E-state index contributed by atoms with van der Waals surface area (Å²) in [5, 5.41) is 17.8. The van der Waals surface area contributed by atoms with Crippen LogP contribution in [0, 0.1) is 0 Å². The number of aromatic nitrogens is 3. The number of aliphatic hydroxyl groups excluding tert-OH is 1. The Hall–Kier alpha value is -3.95. The van der Waals surface area contributed by atoms with Crippen LogP contribution < -0.4 is 15.1 Å². The molecule has 9 nitrogen and oxygen atoms in total. The van der Waals surface area contributed by atoms with Crippen LogP contribution in [0.2, 0.25) is 0 Å². The van der Waals surface area contributed by atoms with Gasteiger partial charge in [-0.15, -0.1) is 5.10 Å². The van der Waals surface area contributed by atoms with Crippen LogP contribution in [0.1, 0.15) is 38.7 Å². The normalized spacial score (nSPS) is 17.6. The van der Waals surface area contributed by atoms with E-state index in [2.05, 4.69) is 75.5 Å². The number of morpholine rings is 1. The van der Waals surface area contributed by atoms with Crippen LogP contribution >= 0.6 is 0 Å². The van der Waals surface area contributed by atoms with Crippen molar-refractivity contribution in [2.24, 2.45) is 4.99 Å². The molecule has 2 saturated heterocycles. The third-order valence-electron chi connectivity index (χ3n) is 7.24. The molecule has 2 aliphatic rings.